The second-order valence-electron chi connectivity index (χ2n) is 6.31. The summed E-state index contributed by atoms with van der Waals surface area (Å²) in [5.74, 6) is -0.0550. The molecule has 0 spiro atoms. The van der Waals surface area contributed by atoms with E-state index >= 15 is 0 Å². The highest BCUT2D eigenvalue weighted by molar-refractivity contribution is 5.93. The number of carbonyl (C=O) groups excluding carboxylic acids is 1. The first-order valence-corrected chi connectivity index (χ1v) is 8.17. The zero-order valence-corrected chi connectivity index (χ0v) is 14.4. The second kappa shape index (κ2) is 6.89. The van der Waals surface area contributed by atoms with Gasteiger partial charge in [0.1, 0.15) is 0 Å². The Morgan fingerprint density at radius 1 is 1.29 bits per heavy atom. The zero-order valence-electron chi connectivity index (χ0n) is 14.4. The van der Waals surface area contributed by atoms with Gasteiger partial charge in [0.15, 0.2) is 0 Å². The Morgan fingerprint density at radius 3 is 2.88 bits per heavy atom. The van der Waals surface area contributed by atoms with Crippen LogP contribution in [-0.4, -0.2) is 36.0 Å². The second-order valence-corrected chi connectivity index (χ2v) is 6.31. The number of nitrogens with one attached hydrogen (secondary N) is 1. The van der Waals surface area contributed by atoms with Crippen LogP contribution in [0.15, 0.2) is 42.6 Å². The van der Waals surface area contributed by atoms with Crippen molar-refractivity contribution in [2.75, 3.05) is 26.0 Å². The highest BCUT2D eigenvalue weighted by Crippen LogP contribution is 2.33. The van der Waals surface area contributed by atoms with E-state index in [1.807, 2.05) is 6.07 Å². The molecule has 24 heavy (non-hydrogen) atoms. The molecule has 0 saturated heterocycles. The smallest absolute Gasteiger partial charge is 0.221 e. The molecule has 0 saturated carbocycles. The molecule has 0 radical (unpaired) electrons. The molecular formula is C20H23N3O. The lowest BCUT2D eigenvalue weighted by molar-refractivity contribution is -0.114. The number of aromatic nitrogens is 1. The number of hydrogen-bond acceptors (Lipinski definition) is 2. The van der Waals surface area contributed by atoms with E-state index in [1.54, 1.807) is 0 Å². The SMILES string of the molecule is CC(=O)Nc1ccc2c(c1)C(=CCCN(C)C)c1cccn1C=C2. The normalized spacial score (nSPS) is 14.4. The molecule has 3 rings (SSSR count). The number of carbonyl (C=O) groups is 1. The van der Waals surface area contributed by atoms with E-state index in [4.69, 9.17) is 0 Å². The van der Waals surface area contributed by atoms with Gasteiger partial charge in [-0.15, -0.1) is 0 Å². The lowest BCUT2D eigenvalue weighted by atomic mass is 9.96. The predicted molar refractivity (Wildman–Crippen MR) is 101 cm³/mol. The molecule has 2 aromatic rings. The molecule has 4 heteroatoms. The molecule has 1 amide bonds. The fourth-order valence-electron chi connectivity index (χ4n) is 2.95. The van der Waals surface area contributed by atoms with Crippen LogP contribution in [0, 0.1) is 0 Å². The molecule has 1 N–H and O–H groups in total. The number of fused-ring (bicyclic) bond motifs is 2. The van der Waals surface area contributed by atoms with E-state index in [2.05, 4.69) is 77.7 Å². The highest BCUT2D eigenvalue weighted by atomic mass is 16.1. The lowest BCUT2D eigenvalue weighted by Crippen LogP contribution is -2.12. The summed E-state index contributed by atoms with van der Waals surface area (Å²) in [6, 6.07) is 10.3. The van der Waals surface area contributed by atoms with Crippen molar-refractivity contribution < 1.29 is 4.79 Å². The molecular weight excluding hydrogens is 298 g/mol. The van der Waals surface area contributed by atoms with E-state index in [1.165, 1.54) is 18.2 Å². The molecule has 0 unspecified atom stereocenters. The number of nitrogens with zero attached hydrogens (tertiary/aromatic N) is 2. The first-order chi connectivity index (χ1) is 11.5. The molecule has 1 aliphatic rings. The van der Waals surface area contributed by atoms with Crippen molar-refractivity contribution in [3.8, 4) is 0 Å². The summed E-state index contributed by atoms with van der Waals surface area (Å²) in [6.07, 6.45) is 9.51. The zero-order chi connectivity index (χ0) is 17.1. The Labute approximate surface area is 143 Å². The van der Waals surface area contributed by atoms with Crippen molar-refractivity contribution in [1.29, 1.82) is 0 Å². The third kappa shape index (κ3) is 3.49. The summed E-state index contributed by atoms with van der Waals surface area (Å²) in [4.78, 5) is 13.6. The van der Waals surface area contributed by atoms with Gasteiger partial charge in [-0.2, -0.15) is 0 Å². The third-order valence-electron chi connectivity index (χ3n) is 4.06. The van der Waals surface area contributed by atoms with Gasteiger partial charge >= 0.3 is 0 Å². The maximum atomic E-state index is 11.4. The van der Waals surface area contributed by atoms with Gasteiger partial charge in [0.25, 0.3) is 0 Å². The van der Waals surface area contributed by atoms with E-state index in [0.717, 1.165) is 29.8 Å². The molecule has 2 heterocycles. The van der Waals surface area contributed by atoms with Crippen LogP contribution >= 0.6 is 0 Å². The average Bonchev–Trinajstić information content (AvgIpc) is 2.92. The number of amides is 1. The van der Waals surface area contributed by atoms with Crippen LogP contribution in [0.25, 0.3) is 17.8 Å². The molecule has 0 bridgehead atoms. The number of rotatable bonds is 4. The number of anilines is 1. The molecule has 1 aromatic heterocycles. The minimum absolute atomic E-state index is 0.0550. The number of benzene rings is 1. The van der Waals surface area contributed by atoms with Gasteiger partial charge < -0.3 is 14.8 Å². The van der Waals surface area contributed by atoms with Crippen LogP contribution in [0.3, 0.4) is 0 Å². The van der Waals surface area contributed by atoms with Crippen LogP contribution in [-0.2, 0) is 4.79 Å². The molecule has 0 aliphatic carbocycles. The first kappa shape index (κ1) is 16.3. The van der Waals surface area contributed by atoms with E-state index < -0.39 is 0 Å². The van der Waals surface area contributed by atoms with Crippen molar-refractivity contribution >= 4 is 29.4 Å². The number of hydrogen-bond donors (Lipinski definition) is 1. The Balaban J connectivity index is 2.07. The van der Waals surface area contributed by atoms with Gasteiger partial charge in [-0.25, -0.2) is 0 Å². The van der Waals surface area contributed by atoms with Gasteiger partial charge in [0.2, 0.25) is 5.91 Å². The van der Waals surface area contributed by atoms with Gasteiger partial charge in [-0.3, -0.25) is 4.79 Å². The molecule has 1 aliphatic heterocycles. The van der Waals surface area contributed by atoms with Crippen LogP contribution in [0.4, 0.5) is 5.69 Å². The maximum absolute atomic E-state index is 11.4. The third-order valence-corrected chi connectivity index (χ3v) is 4.06. The topological polar surface area (TPSA) is 37.3 Å². The Morgan fingerprint density at radius 2 is 2.12 bits per heavy atom. The van der Waals surface area contributed by atoms with Gasteiger partial charge in [-0.1, -0.05) is 12.1 Å². The average molecular weight is 321 g/mol. The first-order valence-electron chi connectivity index (χ1n) is 8.17. The van der Waals surface area contributed by atoms with Gasteiger partial charge in [0.05, 0.1) is 5.69 Å². The fourth-order valence-corrected chi connectivity index (χ4v) is 2.95. The Bertz CT molecular complexity index is 812. The van der Waals surface area contributed by atoms with Gasteiger partial charge in [0, 0.05) is 37.1 Å². The minimum Gasteiger partial charge on any atom is -0.326 e. The summed E-state index contributed by atoms with van der Waals surface area (Å²) in [5.41, 5.74) is 5.50. The summed E-state index contributed by atoms with van der Waals surface area (Å²) >= 11 is 0. The van der Waals surface area contributed by atoms with Crippen LogP contribution in [0.1, 0.15) is 30.2 Å². The molecule has 1 aromatic carbocycles. The highest BCUT2D eigenvalue weighted by Gasteiger charge is 2.15. The van der Waals surface area contributed by atoms with Crippen molar-refractivity contribution in [3.63, 3.8) is 0 Å². The van der Waals surface area contributed by atoms with Crippen molar-refractivity contribution in [2.24, 2.45) is 0 Å². The summed E-state index contributed by atoms with van der Waals surface area (Å²) < 4.78 is 2.14. The standard InChI is InChI=1S/C20H23N3O/c1-15(24)21-17-9-8-16-10-13-23-12-5-7-20(23)18(19(16)14-17)6-4-11-22(2)3/h5-10,12-14H,4,11H2,1-3H3,(H,21,24). The minimum atomic E-state index is -0.0550. The maximum Gasteiger partial charge on any atom is 0.221 e. The van der Waals surface area contributed by atoms with Crippen molar-refractivity contribution in [3.05, 3.63) is 59.4 Å². The summed E-state index contributed by atoms with van der Waals surface area (Å²) in [5, 5.41) is 2.88. The summed E-state index contributed by atoms with van der Waals surface area (Å²) in [6.45, 7) is 2.53. The lowest BCUT2D eigenvalue weighted by Gasteiger charge is -2.13. The Hall–Kier alpha value is -2.59. The largest absolute Gasteiger partial charge is 0.326 e. The Kier molecular flexibility index (Phi) is 4.67. The quantitative estimate of drug-likeness (QED) is 0.794. The van der Waals surface area contributed by atoms with E-state index in [0.29, 0.717) is 0 Å². The summed E-state index contributed by atoms with van der Waals surface area (Å²) in [7, 11) is 4.16. The van der Waals surface area contributed by atoms with E-state index in [-0.39, 0.29) is 5.91 Å². The molecule has 124 valence electrons. The van der Waals surface area contributed by atoms with Gasteiger partial charge in [-0.05, 0) is 62.0 Å². The fraction of sp³-hybridized carbons (Fsp3) is 0.250. The van der Waals surface area contributed by atoms with Crippen LogP contribution in [0.5, 0.6) is 0 Å². The molecule has 0 atom stereocenters. The molecule has 4 nitrogen and oxygen atoms in total. The van der Waals surface area contributed by atoms with E-state index in [9.17, 15) is 4.79 Å². The molecule has 0 fully saturated rings. The van der Waals surface area contributed by atoms with Crippen LogP contribution in [0.2, 0.25) is 0 Å². The predicted octanol–water partition coefficient (Wildman–Crippen LogP) is 3.77. The van der Waals surface area contributed by atoms with Crippen molar-refractivity contribution in [1.82, 2.24) is 9.47 Å². The monoisotopic (exact) mass is 321 g/mol. The van der Waals surface area contributed by atoms with Crippen molar-refractivity contribution in [2.45, 2.75) is 13.3 Å². The van der Waals surface area contributed by atoms with Crippen LogP contribution < -0.4 is 5.32 Å².